The number of alkyl halides is 3. The van der Waals surface area contributed by atoms with Gasteiger partial charge in [0.2, 0.25) is 5.88 Å². The van der Waals surface area contributed by atoms with E-state index in [-0.39, 0.29) is 24.9 Å². The van der Waals surface area contributed by atoms with E-state index in [1.165, 1.54) is 21.7 Å². The van der Waals surface area contributed by atoms with Crippen molar-refractivity contribution in [2.75, 3.05) is 27.3 Å². The highest BCUT2D eigenvalue weighted by Crippen LogP contribution is 2.33. The molecule has 3 aromatic rings. The van der Waals surface area contributed by atoms with Crippen LogP contribution in [0.2, 0.25) is 0 Å². The van der Waals surface area contributed by atoms with E-state index in [0.29, 0.717) is 28.5 Å². The summed E-state index contributed by atoms with van der Waals surface area (Å²) in [5.41, 5.74) is 0.540. The smallest absolute Gasteiger partial charge is 0.433 e. The Morgan fingerprint density at radius 3 is 2.52 bits per heavy atom. The number of hydrogen-bond acceptors (Lipinski definition) is 6. The van der Waals surface area contributed by atoms with Crippen molar-refractivity contribution in [1.29, 1.82) is 0 Å². The molecule has 1 aliphatic heterocycles. The quantitative estimate of drug-likeness (QED) is 0.559. The molecule has 1 aromatic carbocycles. The van der Waals surface area contributed by atoms with Crippen molar-refractivity contribution in [3.63, 3.8) is 0 Å². The summed E-state index contributed by atoms with van der Waals surface area (Å²) in [6, 6.07) is 10.4. The SMILES string of the molecule is COc1ccc(OC)c(-c2cc(C(=O)N3CC(Oc4cccc(C(F)(F)F)n4)C3)n(C)n2)c1. The molecule has 4 rings (SSSR count). The van der Waals surface area contributed by atoms with Crippen LogP contribution in [0, 0.1) is 0 Å². The first kappa shape index (κ1) is 22.4. The van der Waals surface area contributed by atoms with Crippen LogP contribution in [0.15, 0.2) is 42.5 Å². The van der Waals surface area contributed by atoms with E-state index in [1.54, 1.807) is 45.5 Å². The third kappa shape index (κ3) is 4.57. The Bertz CT molecular complexity index is 1170. The van der Waals surface area contributed by atoms with Gasteiger partial charge in [0.25, 0.3) is 5.91 Å². The van der Waals surface area contributed by atoms with Crippen LogP contribution in [-0.4, -0.2) is 59.0 Å². The molecule has 11 heteroatoms. The number of carbonyl (C=O) groups is 1. The fourth-order valence-corrected chi connectivity index (χ4v) is 3.46. The standard InChI is InChI=1S/C22H21F3N4O4/c1-28-17(10-16(27-28)15-9-13(31-2)7-8-18(15)32-3)21(30)29-11-14(12-29)33-20-6-4-5-19(26-20)22(23,24)25/h4-10,14H,11-12H2,1-3H3. The molecule has 2 aromatic heterocycles. The highest BCUT2D eigenvalue weighted by molar-refractivity contribution is 5.94. The van der Waals surface area contributed by atoms with E-state index >= 15 is 0 Å². The molecule has 0 bridgehead atoms. The third-order valence-corrected chi connectivity index (χ3v) is 5.22. The van der Waals surface area contributed by atoms with E-state index in [4.69, 9.17) is 14.2 Å². The summed E-state index contributed by atoms with van der Waals surface area (Å²) in [7, 11) is 4.75. The van der Waals surface area contributed by atoms with Crippen molar-refractivity contribution in [3.8, 4) is 28.6 Å². The maximum absolute atomic E-state index is 12.9. The number of nitrogens with zero attached hydrogens (tertiary/aromatic N) is 4. The average molecular weight is 462 g/mol. The average Bonchev–Trinajstić information content (AvgIpc) is 3.16. The van der Waals surface area contributed by atoms with E-state index in [0.717, 1.165) is 6.07 Å². The number of amides is 1. The predicted molar refractivity (Wildman–Crippen MR) is 111 cm³/mol. The van der Waals surface area contributed by atoms with Gasteiger partial charge in [-0.25, -0.2) is 4.98 Å². The van der Waals surface area contributed by atoms with Crippen molar-refractivity contribution in [3.05, 3.63) is 53.9 Å². The minimum absolute atomic E-state index is 0.130. The monoisotopic (exact) mass is 462 g/mol. The van der Waals surface area contributed by atoms with E-state index in [1.807, 2.05) is 0 Å². The summed E-state index contributed by atoms with van der Waals surface area (Å²) < 4.78 is 56.1. The molecule has 0 N–H and O–H groups in total. The molecule has 0 atom stereocenters. The number of halogens is 3. The lowest BCUT2D eigenvalue weighted by Crippen LogP contribution is -2.56. The lowest BCUT2D eigenvalue weighted by Gasteiger charge is -2.38. The second kappa shape index (κ2) is 8.64. The minimum Gasteiger partial charge on any atom is -0.497 e. The second-order valence-corrected chi connectivity index (χ2v) is 7.41. The Balaban J connectivity index is 1.44. The van der Waals surface area contributed by atoms with Crippen molar-refractivity contribution in [2.45, 2.75) is 12.3 Å². The zero-order valence-electron chi connectivity index (χ0n) is 18.1. The van der Waals surface area contributed by atoms with Gasteiger partial charge >= 0.3 is 6.18 Å². The molecule has 3 heterocycles. The molecule has 1 saturated heterocycles. The molecule has 0 spiro atoms. The van der Waals surface area contributed by atoms with Crippen LogP contribution in [0.25, 0.3) is 11.3 Å². The second-order valence-electron chi connectivity index (χ2n) is 7.41. The van der Waals surface area contributed by atoms with Crippen LogP contribution in [-0.2, 0) is 13.2 Å². The van der Waals surface area contributed by atoms with Crippen LogP contribution >= 0.6 is 0 Å². The minimum atomic E-state index is -4.55. The lowest BCUT2D eigenvalue weighted by atomic mass is 10.1. The number of likely N-dealkylation sites (tertiary alicyclic amines) is 1. The molecule has 1 aliphatic rings. The molecule has 0 radical (unpaired) electrons. The summed E-state index contributed by atoms with van der Waals surface area (Å²) in [6.07, 6.45) is -5.00. The van der Waals surface area contributed by atoms with Crippen molar-refractivity contribution in [1.82, 2.24) is 19.7 Å². The largest absolute Gasteiger partial charge is 0.497 e. The number of aromatic nitrogens is 3. The van der Waals surface area contributed by atoms with E-state index in [2.05, 4.69) is 10.1 Å². The van der Waals surface area contributed by atoms with Crippen LogP contribution in [0.4, 0.5) is 13.2 Å². The molecule has 33 heavy (non-hydrogen) atoms. The maximum atomic E-state index is 12.9. The molecular formula is C22H21F3N4O4. The van der Waals surface area contributed by atoms with Crippen molar-refractivity contribution in [2.24, 2.45) is 7.05 Å². The lowest BCUT2D eigenvalue weighted by molar-refractivity contribution is -0.141. The number of methoxy groups -OCH3 is 2. The molecule has 1 amide bonds. The zero-order chi connectivity index (χ0) is 23.8. The third-order valence-electron chi connectivity index (χ3n) is 5.22. The van der Waals surface area contributed by atoms with Gasteiger partial charge in [0.05, 0.1) is 33.0 Å². The topological polar surface area (TPSA) is 78.7 Å². The molecule has 0 unspecified atom stereocenters. The number of benzene rings is 1. The van der Waals surface area contributed by atoms with Gasteiger partial charge in [0.1, 0.15) is 29.0 Å². The van der Waals surface area contributed by atoms with Crippen LogP contribution in [0.5, 0.6) is 17.4 Å². The van der Waals surface area contributed by atoms with Gasteiger partial charge < -0.3 is 19.1 Å². The van der Waals surface area contributed by atoms with Crippen LogP contribution in [0.1, 0.15) is 16.2 Å². The Kier molecular flexibility index (Phi) is 5.88. The Morgan fingerprint density at radius 1 is 1.09 bits per heavy atom. The summed E-state index contributed by atoms with van der Waals surface area (Å²) in [5, 5.41) is 4.43. The Hall–Kier alpha value is -3.76. The Morgan fingerprint density at radius 2 is 1.85 bits per heavy atom. The van der Waals surface area contributed by atoms with E-state index in [9.17, 15) is 18.0 Å². The maximum Gasteiger partial charge on any atom is 0.433 e. The molecule has 0 saturated carbocycles. The van der Waals surface area contributed by atoms with Gasteiger partial charge in [0, 0.05) is 18.7 Å². The molecule has 1 fully saturated rings. The van der Waals surface area contributed by atoms with E-state index < -0.39 is 18.0 Å². The molecular weight excluding hydrogens is 441 g/mol. The summed E-state index contributed by atoms with van der Waals surface area (Å²) in [6.45, 7) is 0.444. The van der Waals surface area contributed by atoms with Gasteiger partial charge in [-0.15, -0.1) is 0 Å². The first-order chi connectivity index (χ1) is 15.7. The van der Waals surface area contributed by atoms with Gasteiger partial charge in [-0.1, -0.05) is 6.07 Å². The highest BCUT2D eigenvalue weighted by atomic mass is 19.4. The van der Waals surface area contributed by atoms with Crippen molar-refractivity contribution < 1.29 is 32.2 Å². The zero-order valence-corrected chi connectivity index (χ0v) is 18.1. The molecule has 0 aliphatic carbocycles. The fourth-order valence-electron chi connectivity index (χ4n) is 3.46. The first-order valence-electron chi connectivity index (χ1n) is 9.96. The van der Waals surface area contributed by atoms with Gasteiger partial charge in [-0.05, 0) is 30.3 Å². The normalized spacial score (nSPS) is 14.1. The number of hydrogen-bond donors (Lipinski definition) is 0. The van der Waals surface area contributed by atoms with Crippen molar-refractivity contribution >= 4 is 5.91 Å². The molecule has 174 valence electrons. The summed E-state index contributed by atoms with van der Waals surface area (Å²) >= 11 is 0. The Labute approximate surface area is 187 Å². The highest BCUT2D eigenvalue weighted by Gasteiger charge is 2.36. The summed E-state index contributed by atoms with van der Waals surface area (Å²) in [5.74, 6) is 0.805. The van der Waals surface area contributed by atoms with Crippen LogP contribution < -0.4 is 14.2 Å². The predicted octanol–water partition coefficient (Wildman–Crippen LogP) is 3.42. The first-order valence-corrected chi connectivity index (χ1v) is 9.96. The number of ether oxygens (including phenoxy) is 3. The number of pyridine rings is 1. The number of carbonyl (C=O) groups excluding carboxylic acids is 1. The van der Waals surface area contributed by atoms with Crippen LogP contribution in [0.3, 0.4) is 0 Å². The van der Waals surface area contributed by atoms with Gasteiger partial charge in [-0.3, -0.25) is 9.48 Å². The number of rotatable bonds is 6. The van der Waals surface area contributed by atoms with Gasteiger partial charge in [-0.2, -0.15) is 18.3 Å². The number of aryl methyl sites for hydroxylation is 1. The fraction of sp³-hybridized carbons (Fsp3) is 0.318. The summed E-state index contributed by atoms with van der Waals surface area (Å²) in [4.78, 5) is 18.0. The van der Waals surface area contributed by atoms with Gasteiger partial charge in [0.15, 0.2) is 0 Å². The molecule has 8 nitrogen and oxygen atoms in total.